The number of hydrogen-bond donors (Lipinski definition) is 0. The van der Waals surface area contributed by atoms with Crippen molar-refractivity contribution in [1.29, 1.82) is 0 Å². The molecule has 1 aliphatic heterocycles. The summed E-state index contributed by atoms with van der Waals surface area (Å²) in [7, 11) is 0. The molecule has 1 fully saturated rings. The van der Waals surface area contributed by atoms with E-state index in [0.29, 0.717) is 17.3 Å². The van der Waals surface area contributed by atoms with E-state index < -0.39 is 0 Å². The van der Waals surface area contributed by atoms with Crippen LogP contribution >= 0.6 is 11.8 Å². The fraction of sp³-hybridized carbons (Fsp3) is 0.368. The van der Waals surface area contributed by atoms with Crippen LogP contribution in [0.4, 0.5) is 0 Å². The maximum atomic E-state index is 12.4. The Morgan fingerprint density at radius 3 is 2.81 bits per heavy atom. The van der Waals surface area contributed by atoms with E-state index in [1.807, 2.05) is 28.5 Å². The van der Waals surface area contributed by atoms with Gasteiger partial charge in [-0.15, -0.1) is 10.2 Å². The fourth-order valence-electron chi connectivity index (χ4n) is 3.18. The molecule has 0 N–H and O–H groups in total. The summed E-state index contributed by atoms with van der Waals surface area (Å²) in [6.45, 7) is 5.59. The van der Waals surface area contributed by atoms with Crippen LogP contribution < -0.4 is 0 Å². The number of amides is 1. The van der Waals surface area contributed by atoms with Crippen LogP contribution in [0.5, 0.6) is 0 Å². The van der Waals surface area contributed by atoms with Crippen LogP contribution in [0.1, 0.15) is 40.6 Å². The van der Waals surface area contributed by atoms with Gasteiger partial charge in [-0.05, 0) is 44.4 Å². The number of aryl methyl sites for hydroxylation is 2. The summed E-state index contributed by atoms with van der Waals surface area (Å²) in [5.41, 5.74) is 2.58. The van der Waals surface area contributed by atoms with Gasteiger partial charge < -0.3 is 9.32 Å². The molecule has 1 aromatic carbocycles. The standard InChI is InChI=1S/C19H21N5O2S/c1-13-6-5-7-15(10-13)24-14(2)21-22-19(24)27-12-17-20-16(11-26-17)18(25)23-8-3-4-9-23/h5-7,10-11H,3-4,8-9,12H2,1-2H3. The Kier molecular flexibility index (Phi) is 4.98. The maximum absolute atomic E-state index is 12.4. The van der Waals surface area contributed by atoms with Gasteiger partial charge in [-0.3, -0.25) is 9.36 Å². The molecule has 0 saturated carbocycles. The lowest BCUT2D eigenvalue weighted by Crippen LogP contribution is -2.27. The third-order valence-electron chi connectivity index (χ3n) is 4.54. The molecule has 1 amide bonds. The molecule has 4 rings (SSSR count). The number of carbonyl (C=O) groups excluding carboxylic acids is 1. The Balaban J connectivity index is 1.48. The second-order valence-electron chi connectivity index (χ2n) is 6.62. The van der Waals surface area contributed by atoms with E-state index >= 15 is 0 Å². The topological polar surface area (TPSA) is 77.1 Å². The number of aromatic nitrogens is 4. The van der Waals surface area contributed by atoms with Gasteiger partial charge in [0.25, 0.3) is 5.91 Å². The molecule has 0 spiro atoms. The summed E-state index contributed by atoms with van der Waals surface area (Å²) in [6.07, 6.45) is 3.56. The number of benzene rings is 1. The summed E-state index contributed by atoms with van der Waals surface area (Å²) in [6, 6.07) is 8.20. The molecule has 0 bridgehead atoms. The van der Waals surface area contributed by atoms with Crippen molar-refractivity contribution in [1.82, 2.24) is 24.6 Å². The van der Waals surface area contributed by atoms with Crippen molar-refractivity contribution >= 4 is 17.7 Å². The smallest absolute Gasteiger partial charge is 0.275 e. The number of rotatable bonds is 5. The highest BCUT2D eigenvalue weighted by atomic mass is 32.2. The average molecular weight is 383 g/mol. The lowest BCUT2D eigenvalue weighted by Gasteiger charge is -2.12. The first-order valence-electron chi connectivity index (χ1n) is 8.97. The lowest BCUT2D eigenvalue weighted by molar-refractivity contribution is 0.0787. The molecule has 0 unspecified atom stereocenters. The summed E-state index contributed by atoms with van der Waals surface area (Å²) >= 11 is 1.49. The van der Waals surface area contributed by atoms with Crippen LogP contribution in [-0.4, -0.2) is 43.6 Å². The van der Waals surface area contributed by atoms with Gasteiger partial charge in [0.1, 0.15) is 12.1 Å². The molecule has 3 heterocycles. The zero-order chi connectivity index (χ0) is 18.8. The second-order valence-corrected chi connectivity index (χ2v) is 7.56. The summed E-state index contributed by atoms with van der Waals surface area (Å²) in [4.78, 5) is 18.6. The van der Waals surface area contributed by atoms with Crippen LogP contribution in [0.2, 0.25) is 0 Å². The van der Waals surface area contributed by atoms with Crippen LogP contribution in [0.15, 0.2) is 40.1 Å². The van der Waals surface area contributed by atoms with Crippen LogP contribution in [-0.2, 0) is 5.75 Å². The molecule has 3 aromatic rings. The Labute approximate surface area is 161 Å². The first kappa shape index (κ1) is 17.8. The normalized spacial score (nSPS) is 14.1. The fourth-order valence-corrected chi connectivity index (χ4v) is 4.04. The van der Waals surface area contributed by atoms with E-state index in [-0.39, 0.29) is 5.91 Å². The minimum Gasteiger partial charge on any atom is -0.447 e. The molecule has 8 heteroatoms. The third kappa shape index (κ3) is 3.75. The van der Waals surface area contributed by atoms with Crippen molar-refractivity contribution in [3.8, 4) is 5.69 Å². The van der Waals surface area contributed by atoms with Gasteiger partial charge in [-0.1, -0.05) is 23.9 Å². The summed E-state index contributed by atoms with van der Waals surface area (Å²) in [5, 5.41) is 9.24. The van der Waals surface area contributed by atoms with Crippen molar-refractivity contribution in [2.45, 2.75) is 37.6 Å². The summed E-state index contributed by atoms with van der Waals surface area (Å²) in [5.74, 6) is 1.77. The van der Waals surface area contributed by atoms with E-state index in [9.17, 15) is 4.79 Å². The highest BCUT2D eigenvalue weighted by Gasteiger charge is 2.22. The number of thioether (sulfide) groups is 1. The summed E-state index contributed by atoms with van der Waals surface area (Å²) < 4.78 is 7.51. The molecule has 7 nitrogen and oxygen atoms in total. The van der Waals surface area contributed by atoms with Crippen molar-refractivity contribution < 1.29 is 9.21 Å². The highest BCUT2D eigenvalue weighted by Crippen LogP contribution is 2.25. The monoisotopic (exact) mass is 383 g/mol. The number of nitrogens with zero attached hydrogens (tertiary/aromatic N) is 5. The zero-order valence-electron chi connectivity index (χ0n) is 15.4. The van der Waals surface area contributed by atoms with Crippen LogP contribution in [0.3, 0.4) is 0 Å². The van der Waals surface area contributed by atoms with Gasteiger partial charge in [0.2, 0.25) is 5.89 Å². The number of oxazole rings is 1. The van der Waals surface area contributed by atoms with Crippen molar-refractivity contribution in [3.63, 3.8) is 0 Å². The minimum atomic E-state index is -0.0497. The predicted molar refractivity (Wildman–Crippen MR) is 102 cm³/mol. The van der Waals surface area contributed by atoms with Gasteiger partial charge in [-0.25, -0.2) is 4.98 Å². The second kappa shape index (κ2) is 7.56. The van der Waals surface area contributed by atoms with Crippen molar-refractivity contribution in [3.05, 3.63) is 53.5 Å². The molecule has 27 heavy (non-hydrogen) atoms. The first-order valence-corrected chi connectivity index (χ1v) is 9.96. The SMILES string of the molecule is Cc1cccc(-n2c(C)nnc2SCc2nc(C(=O)N3CCCC3)co2)c1. The average Bonchev–Trinajstić information content (AvgIpc) is 3.40. The Hall–Kier alpha value is -2.61. The van der Waals surface area contributed by atoms with Gasteiger partial charge in [0, 0.05) is 18.8 Å². The number of hydrogen-bond acceptors (Lipinski definition) is 6. The Morgan fingerprint density at radius 2 is 2.04 bits per heavy atom. The molecular weight excluding hydrogens is 362 g/mol. The molecular formula is C19H21N5O2S. The lowest BCUT2D eigenvalue weighted by atomic mass is 10.2. The van der Waals surface area contributed by atoms with E-state index in [1.54, 1.807) is 0 Å². The Morgan fingerprint density at radius 1 is 1.22 bits per heavy atom. The largest absolute Gasteiger partial charge is 0.447 e. The molecule has 1 aliphatic rings. The minimum absolute atomic E-state index is 0.0497. The van der Waals surface area contributed by atoms with Crippen molar-refractivity contribution in [2.24, 2.45) is 0 Å². The number of likely N-dealkylation sites (tertiary alicyclic amines) is 1. The van der Waals surface area contributed by atoms with Crippen LogP contribution in [0.25, 0.3) is 5.69 Å². The molecule has 0 aliphatic carbocycles. The van der Waals surface area contributed by atoms with Crippen molar-refractivity contribution in [2.75, 3.05) is 13.1 Å². The quantitative estimate of drug-likeness (QED) is 0.629. The molecule has 140 valence electrons. The highest BCUT2D eigenvalue weighted by molar-refractivity contribution is 7.98. The van der Waals surface area contributed by atoms with E-state index in [0.717, 1.165) is 42.6 Å². The Bertz CT molecular complexity index is 959. The first-order chi connectivity index (χ1) is 13.1. The molecule has 0 radical (unpaired) electrons. The molecule has 0 atom stereocenters. The van der Waals surface area contributed by atoms with Gasteiger partial charge in [0.05, 0.1) is 5.75 Å². The molecule has 2 aromatic heterocycles. The van der Waals surface area contributed by atoms with Gasteiger partial charge in [-0.2, -0.15) is 0 Å². The van der Waals surface area contributed by atoms with Gasteiger partial charge in [0.15, 0.2) is 10.9 Å². The predicted octanol–water partition coefficient (Wildman–Crippen LogP) is 3.40. The van der Waals surface area contributed by atoms with Crippen LogP contribution in [0, 0.1) is 13.8 Å². The molecule has 1 saturated heterocycles. The van der Waals surface area contributed by atoms with Gasteiger partial charge >= 0.3 is 0 Å². The van der Waals surface area contributed by atoms with E-state index in [1.165, 1.54) is 23.6 Å². The number of carbonyl (C=O) groups is 1. The van der Waals surface area contributed by atoms with E-state index in [4.69, 9.17) is 4.42 Å². The van der Waals surface area contributed by atoms with E-state index in [2.05, 4.69) is 34.2 Å². The maximum Gasteiger partial charge on any atom is 0.275 e. The zero-order valence-corrected chi connectivity index (χ0v) is 16.2. The third-order valence-corrected chi connectivity index (χ3v) is 5.46.